The zero-order valence-electron chi connectivity index (χ0n) is 17.8. The number of urea groups is 1. The normalized spacial score (nSPS) is 20.5. The largest absolute Gasteiger partial charge is 0.324 e. The van der Waals surface area contributed by atoms with Crippen LogP contribution in [0.5, 0.6) is 0 Å². The van der Waals surface area contributed by atoms with Gasteiger partial charge in [-0.3, -0.25) is 15.4 Å². The Morgan fingerprint density at radius 1 is 1.12 bits per heavy atom. The van der Waals surface area contributed by atoms with Crippen LogP contribution in [0.1, 0.15) is 26.6 Å². The Morgan fingerprint density at radius 3 is 2.50 bits per heavy atom. The van der Waals surface area contributed by atoms with Gasteiger partial charge in [-0.2, -0.15) is 5.10 Å². The number of nitrogens with one attached hydrogen (secondary N) is 4. The third-order valence-electron chi connectivity index (χ3n) is 5.47. The van der Waals surface area contributed by atoms with Gasteiger partial charge in [0, 0.05) is 28.4 Å². The van der Waals surface area contributed by atoms with E-state index >= 15 is 0 Å². The standard InChI is InChI=1S/C23H25ClN6O2/c1-3-18-14(2)25-22(28-21(18)31)30-20(13-19(29-30)15-7-5-4-6-8-15)27-23(32)26-17-11-9-16(24)10-12-17/h4-14,18,22,25H,3H2,1-2H3,(H,28,31)(H2,26,27,32). The molecular formula is C23H25ClN6O2. The summed E-state index contributed by atoms with van der Waals surface area (Å²) in [6.07, 6.45) is 0.138. The number of amides is 3. The number of hydrogen-bond donors (Lipinski definition) is 4. The molecule has 0 bridgehead atoms. The van der Waals surface area contributed by atoms with Gasteiger partial charge in [-0.25, -0.2) is 9.48 Å². The van der Waals surface area contributed by atoms with Crippen molar-refractivity contribution in [3.63, 3.8) is 0 Å². The summed E-state index contributed by atoms with van der Waals surface area (Å²) in [5, 5.41) is 17.2. The Kier molecular flexibility index (Phi) is 6.43. The maximum Gasteiger partial charge on any atom is 0.324 e. The molecule has 2 heterocycles. The number of benzene rings is 2. The van der Waals surface area contributed by atoms with Crippen molar-refractivity contribution >= 4 is 35.0 Å². The minimum absolute atomic E-state index is 0.0427. The van der Waals surface area contributed by atoms with Crippen LogP contribution in [0.4, 0.5) is 16.3 Å². The zero-order chi connectivity index (χ0) is 22.7. The third-order valence-corrected chi connectivity index (χ3v) is 5.73. The Hall–Kier alpha value is -3.36. The Balaban J connectivity index is 1.61. The number of hydrogen-bond acceptors (Lipinski definition) is 4. The van der Waals surface area contributed by atoms with Crippen molar-refractivity contribution in [2.24, 2.45) is 5.92 Å². The molecule has 4 rings (SSSR count). The molecule has 0 aliphatic carbocycles. The molecule has 3 aromatic rings. The quantitative estimate of drug-likeness (QED) is 0.460. The number of aromatic nitrogens is 2. The first-order valence-electron chi connectivity index (χ1n) is 10.5. The van der Waals surface area contributed by atoms with E-state index in [4.69, 9.17) is 11.6 Å². The molecule has 1 fully saturated rings. The second kappa shape index (κ2) is 9.42. The highest BCUT2D eigenvalue weighted by atomic mass is 35.5. The van der Waals surface area contributed by atoms with E-state index in [2.05, 4.69) is 26.4 Å². The van der Waals surface area contributed by atoms with Gasteiger partial charge in [0.2, 0.25) is 5.91 Å². The maximum atomic E-state index is 12.7. The molecule has 3 amide bonds. The van der Waals surface area contributed by atoms with E-state index in [0.717, 1.165) is 12.0 Å². The lowest BCUT2D eigenvalue weighted by molar-refractivity contribution is -0.130. The summed E-state index contributed by atoms with van der Waals surface area (Å²) in [4.78, 5) is 25.3. The Labute approximate surface area is 191 Å². The number of carbonyl (C=O) groups is 2. The van der Waals surface area contributed by atoms with Crippen molar-refractivity contribution in [3.05, 3.63) is 65.7 Å². The molecule has 1 aliphatic rings. The molecule has 166 valence electrons. The van der Waals surface area contributed by atoms with Crippen molar-refractivity contribution in [2.75, 3.05) is 10.6 Å². The van der Waals surface area contributed by atoms with E-state index in [1.807, 2.05) is 44.2 Å². The molecule has 3 atom stereocenters. The van der Waals surface area contributed by atoms with Crippen LogP contribution >= 0.6 is 11.6 Å². The van der Waals surface area contributed by atoms with Crippen LogP contribution in [0.3, 0.4) is 0 Å². The van der Waals surface area contributed by atoms with Crippen molar-refractivity contribution in [2.45, 2.75) is 32.6 Å². The maximum absolute atomic E-state index is 12.7. The van der Waals surface area contributed by atoms with E-state index in [-0.39, 0.29) is 17.9 Å². The van der Waals surface area contributed by atoms with Gasteiger partial charge in [0.05, 0.1) is 11.6 Å². The van der Waals surface area contributed by atoms with Crippen LogP contribution < -0.4 is 21.3 Å². The molecule has 3 unspecified atom stereocenters. The molecule has 2 aromatic carbocycles. The van der Waals surface area contributed by atoms with Gasteiger partial charge >= 0.3 is 6.03 Å². The first-order chi connectivity index (χ1) is 15.4. The summed E-state index contributed by atoms with van der Waals surface area (Å²) in [6, 6.07) is 17.8. The van der Waals surface area contributed by atoms with Gasteiger partial charge in [0.25, 0.3) is 0 Å². The fourth-order valence-electron chi connectivity index (χ4n) is 3.79. The SMILES string of the molecule is CCC1C(=O)NC(n2nc(-c3ccccc3)cc2NC(=O)Nc2ccc(Cl)cc2)NC1C. The van der Waals surface area contributed by atoms with E-state index < -0.39 is 12.3 Å². The summed E-state index contributed by atoms with van der Waals surface area (Å²) in [6.45, 7) is 3.96. The van der Waals surface area contributed by atoms with E-state index in [0.29, 0.717) is 22.2 Å². The van der Waals surface area contributed by atoms with Crippen molar-refractivity contribution in [3.8, 4) is 11.3 Å². The highest BCUT2D eigenvalue weighted by Crippen LogP contribution is 2.26. The van der Waals surface area contributed by atoms with Gasteiger partial charge in [0.15, 0.2) is 6.29 Å². The number of carbonyl (C=O) groups excluding carboxylic acids is 2. The van der Waals surface area contributed by atoms with Crippen LogP contribution in [0.2, 0.25) is 5.02 Å². The lowest BCUT2D eigenvalue weighted by Crippen LogP contribution is -2.57. The number of rotatable bonds is 5. The molecule has 4 N–H and O–H groups in total. The molecule has 0 radical (unpaired) electrons. The van der Waals surface area contributed by atoms with E-state index in [1.165, 1.54) is 0 Å². The summed E-state index contributed by atoms with van der Waals surface area (Å²) < 4.78 is 1.59. The van der Waals surface area contributed by atoms with Crippen molar-refractivity contribution in [1.29, 1.82) is 0 Å². The number of nitrogens with zero attached hydrogens (tertiary/aromatic N) is 2. The monoisotopic (exact) mass is 452 g/mol. The van der Waals surface area contributed by atoms with Gasteiger partial charge < -0.3 is 10.6 Å². The number of halogens is 1. The molecule has 1 aliphatic heterocycles. The highest BCUT2D eigenvalue weighted by Gasteiger charge is 2.34. The summed E-state index contributed by atoms with van der Waals surface area (Å²) in [7, 11) is 0. The summed E-state index contributed by atoms with van der Waals surface area (Å²) in [5.41, 5.74) is 2.17. The first kappa shape index (κ1) is 21.9. The van der Waals surface area contributed by atoms with Crippen LogP contribution in [-0.2, 0) is 4.79 Å². The molecule has 9 heteroatoms. The minimum atomic E-state index is -0.594. The lowest BCUT2D eigenvalue weighted by Gasteiger charge is -2.35. The van der Waals surface area contributed by atoms with Crippen LogP contribution in [-0.4, -0.2) is 27.8 Å². The highest BCUT2D eigenvalue weighted by molar-refractivity contribution is 6.30. The van der Waals surface area contributed by atoms with Gasteiger partial charge in [0.1, 0.15) is 5.82 Å². The van der Waals surface area contributed by atoms with Crippen molar-refractivity contribution < 1.29 is 9.59 Å². The average Bonchev–Trinajstić information content (AvgIpc) is 3.19. The molecule has 0 saturated carbocycles. The topological polar surface area (TPSA) is 100 Å². The molecule has 8 nitrogen and oxygen atoms in total. The first-order valence-corrected chi connectivity index (χ1v) is 10.9. The van der Waals surface area contributed by atoms with Gasteiger partial charge in [-0.1, -0.05) is 48.9 Å². The van der Waals surface area contributed by atoms with Crippen LogP contribution in [0, 0.1) is 5.92 Å². The molecule has 0 spiro atoms. The van der Waals surface area contributed by atoms with Gasteiger partial charge in [-0.05, 0) is 37.6 Å². The molecule has 1 saturated heterocycles. The fourth-order valence-corrected chi connectivity index (χ4v) is 3.92. The smallest absolute Gasteiger partial charge is 0.322 e. The zero-order valence-corrected chi connectivity index (χ0v) is 18.6. The molecule has 1 aromatic heterocycles. The Bertz CT molecular complexity index is 1100. The molecular weight excluding hydrogens is 428 g/mol. The Morgan fingerprint density at radius 2 is 1.84 bits per heavy atom. The average molecular weight is 453 g/mol. The predicted octanol–water partition coefficient (Wildman–Crippen LogP) is 4.44. The minimum Gasteiger partial charge on any atom is -0.322 e. The fraction of sp³-hybridized carbons (Fsp3) is 0.261. The second-order valence-electron chi connectivity index (χ2n) is 7.69. The number of anilines is 2. The van der Waals surface area contributed by atoms with E-state index in [1.54, 1.807) is 35.0 Å². The summed E-state index contributed by atoms with van der Waals surface area (Å²) >= 11 is 5.91. The van der Waals surface area contributed by atoms with Crippen LogP contribution in [0.25, 0.3) is 11.3 Å². The third kappa shape index (κ3) is 4.76. The van der Waals surface area contributed by atoms with Crippen molar-refractivity contribution in [1.82, 2.24) is 20.4 Å². The van der Waals surface area contributed by atoms with E-state index in [9.17, 15) is 9.59 Å². The lowest BCUT2D eigenvalue weighted by atomic mass is 9.95. The molecule has 32 heavy (non-hydrogen) atoms. The van der Waals surface area contributed by atoms with Crippen LogP contribution in [0.15, 0.2) is 60.7 Å². The predicted molar refractivity (Wildman–Crippen MR) is 125 cm³/mol. The van der Waals surface area contributed by atoms with Gasteiger partial charge in [-0.15, -0.1) is 0 Å². The summed E-state index contributed by atoms with van der Waals surface area (Å²) in [5.74, 6) is 0.271. The second-order valence-corrected chi connectivity index (χ2v) is 8.13.